The van der Waals surface area contributed by atoms with Crippen LogP contribution in [0.1, 0.15) is 20.8 Å². The van der Waals surface area contributed by atoms with Gasteiger partial charge in [-0.15, -0.1) is 0 Å². The minimum atomic E-state index is 0.732. The Hall–Kier alpha value is -0.0800. The molecule has 1 rings (SSSR count). The highest BCUT2D eigenvalue weighted by Crippen LogP contribution is 2.23. The van der Waals surface area contributed by atoms with Crippen molar-refractivity contribution in [1.82, 2.24) is 9.80 Å². The van der Waals surface area contributed by atoms with Crippen molar-refractivity contribution in [2.45, 2.75) is 32.9 Å². The first-order chi connectivity index (χ1) is 5.52. The first kappa shape index (κ1) is 10.0. The van der Waals surface area contributed by atoms with Gasteiger partial charge in [-0.1, -0.05) is 0 Å². The van der Waals surface area contributed by atoms with Gasteiger partial charge in [0.05, 0.1) is 0 Å². The minimum absolute atomic E-state index is 0.732. The Kier molecular flexibility index (Phi) is 3.13. The lowest BCUT2D eigenvalue weighted by atomic mass is 9.91. The molecule has 0 N–H and O–H groups in total. The fourth-order valence-electron chi connectivity index (χ4n) is 1.70. The van der Waals surface area contributed by atoms with E-state index in [9.17, 15) is 0 Å². The Morgan fingerprint density at radius 1 is 1.17 bits per heavy atom. The van der Waals surface area contributed by atoms with E-state index in [1.54, 1.807) is 0 Å². The Labute approximate surface area is 76.5 Å². The molecule has 0 radical (unpaired) electrons. The Morgan fingerprint density at radius 3 is 2.00 bits per heavy atom. The van der Waals surface area contributed by atoms with Gasteiger partial charge in [0.1, 0.15) is 0 Å². The lowest BCUT2D eigenvalue weighted by Gasteiger charge is -2.46. The molecule has 0 amide bonds. The van der Waals surface area contributed by atoms with E-state index in [-0.39, 0.29) is 0 Å². The maximum absolute atomic E-state index is 2.53. The first-order valence-corrected chi connectivity index (χ1v) is 4.93. The van der Waals surface area contributed by atoms with Crippen molar-refractivity contribution in [3.8, 4) is 0 Å². The lowest BCUT2D eigenvalue weighted by molar-refractivity contribution is 0.0228. The first-order valence-electron chi connectivity index (χ1n) is 4.93. The van der Waals surface area contributed by atoms with E-state index >= 15 is 0 Å². The molecule has 1 aliphatic rings. The Balaban J connectivity index is 2.25. The fourth-order valence-corrected chi connectivity index (χ4v) is 1.70. The average Bonchev–Trinajstić information content (AvgIpc) is 1.82. The van der Waals surface area contributed by atoms with Gasteiger partial charge in [-0.05, 0) is 40.8 Å². The van der Waals surface area contributed by atoms with Crippen molar-refractivity contribution >= 4 is 0 Å². The average molecular weight is 170 g/mol. The Bertz CT molecular complexity index is 137. The van der Waals surface area contributed by atoms with E-state index in [1.165, 1.54) is 13.1 Å². The van der Waals surface area contributed by atoms with E-state index in [4.69, 9.17) is 0 Å². The highest BCUT2D eigenvalue weighted by molar-refractivity contribution is 4.87. The van der Waals surface area contributed by atoms with Crippen LogP contribution in [0.4, 0.5) is 0 Å². The van der Waals surface area contributed by atoms with Crippen LogP contribution < -0.4 is 0 Å². The van der Waals surface area contributed by atoms with Crippen LogP contribution in [0.5, 0.6) is 0 Å². The number of likely N-dealkylation sites (tertiary alicyclic amines) is 1. The molecule has 2 heteroatoms. The van der Waals surface area contributed by atoms with Gasteiger partial charge >= 0.3 is 0 Å². The number of hydrogen-bond donors (Lipinski definition) is 0. The maximum atomic E-state index is 2.53. The second kappa shape index (κ2) is 3.75. The van der Waals surface area contributed by atoms with Crippen LogP contribution in [0.3, 0.4) is 0 Å². The molecule has 1 atom stereocenters. The van der Waals surface area contributed by atoms with Crippen molar-refractivity contribution in [1.29, 1.82) is 0 Å². The van der Waals surface area contributed by atoms with Crippen molar-refractivity contribution < 1.29 is 0 Å². The summed E-state index contributed by atoms with van der Waals surface area (Å²) in [5.74, 6) is 0.891. The van der Waals surface area contributed by atoms with Crippen LogP contribution in [0.2, 0.25) is 0 Å². The zero-order valence-electron chi connectivity index (χ0n) is 9.04. The molecule has 0 aromatic carbocycles. The molecule has 2 nitrogen and oxygen atoms in total. The van der Waals surface area contributed by atoms with Gasteiger partial charge in [0.15, 0.2) is 0 Å². The van der Waals surface area contributed by atoms with Crippen LogP contribution >= 0.6 is 0 Å². The predicted octanol–water partition coefficient (Wildman–Crippen LogP) is 1.28. The third-order valence-electron chi connectivity index (χ3n) is 3.17. The predicted molar refractivity (Wildman–Crippen MR) is 53.3 cm³/mol. The monoisotopic (exact) mass is 170 g/mol. The normalized spacial score (nSPS) is 23.2. The highest BCUT2D eigenvalue weighted by atomic mass is 15.2. The number of nitrogens with zero attached hydrogens (tertiary/aromatic N) is 2. The van der Waals surface area contributed by atoms with Gasteiger partial charge in [-0.3, -0.25) is 0 Å². The van der Waals surface area contributed by atoms with Crippen LogP contribution in [-0.4, -0.2) is 49.1 Å². The molecular formula is C10H22N2. The second-order valence-corrected chi connectivity index (χ2v) is 4.51. The summed E-state index contributed by atoms with van der Waals surface area (Å²) in [6.45, 7) is 9.45. The molecule has 0 aromatic heterocycles. The van der Waals surface area contributed by atoms with Gasteiger partial charge in [0.25, 0.3) is 0 Å². The molecule has 1 saturated heterocycles. The van der Waals surface area contributed by atoms with E-state index in [0.717, 1.165) is 18.0 Å². The molecule has 72 valence electrons. The summed E-state index contributed by atoms with van der Waals surface area (Å²) in [5, 5.41) is 0. The molecular weight excluding hydrogens is 148 g/mol. The summed E-state index contributed by atoms with van der Waals surface area (Å²) < 4.78 is 0. The van der Waals surface area contributed by atoms with E-state index in [0.29, 0.717) is 0 Å². The molecule has 0 aliphatic carbocycles. The lowest BCUT2D eigenvalue weighted by Crippen LogP contribution is -2.56. The van der Waals surface area contributed by atoms with Crippen LogP contribution in [0.25, 0.3) is 0 Å². The summed E-state index contributed by atoms with van der Waals surface area (Å²) >= 11 is 0. The molecule has 0 aromatic rings. The zero-order chi connectivity index (χ0) is 9.30. The van der Waals surface area contributed by atoms with Gasteiger partial charge in [-0.25, -0.2) is 0 Å². The fraction of sp³-hybridized carbons (Fsp3) is 1.00. The van der Waals surface area contributed by atoms with E-state index in [2.05, 4.69) is 44.7 Å². The second-order valence-electron chi connectivity index (χ2n) is 4.51. The standard InChI is InChI=1S/C10H22N2/c1-8(2)12-6-10(7-12)9(3)11(4)5/h8-10H,6-7H2,1-5H3. The maximum Gasteiger partial charge on any atom is 0.0114 e. The van der Waals surface area contributed by atoms with Crippen molar-refractivity contribution in [2.24, 2.45) is 5.92 Å². The largest absolute Gasteiger partial charge is 0.306 e. The van der Waals surface area contributed by atoms with E-state index in [1.807, 2.05) is 0 Å². The molecule has 1 unspecified atom stereocenters. The molecule has 12 heavy (non-hydrogen) atoms. The highest BCUT2D eigenvalue weighted by Gasteiger charge is 2.32. The van der Waals surface area contributed by atoms with Crippen LogP contribution in [0.15, 0.2) is 0 Å². The SMILES string of the molecule is CC(C1CN(C(C)C)C1)N(C)C. The minimum Gasteiger partial charge on any atom is -0.306 e. The van der Waals surface area contributed by atoms with Crippen molar-refractivity contribution in [3.05, 3.63) is 0 Å². The van der Waals surface area contributed by atoms with Crippen LogP contribution in [-0.2, 0) is 0 Å². The summed E-state index contributed by atoms with van der Waals surface area (Å²) in [5.41, 5.74) is 0. The zero-order valence-corrected chi connectivity index (χ0v) is 9.04. The summed E-state index contributed by atoms with van der Waals surface area (Å²) in [6, 6.07) is 1.47. The van der Waals surface area contributed by atoms with E-state index < -0.39 is 0 Å². The smallest absolute Gasteiger partial charge is 0.0114 e. The van der Waals surface area contributed by atoms with Gasteiger partial charge < -0.3 is 9.80 Å². The summed E-state index contributed by atoms with van der Waals surface area (Å²) in [6.07, 6.45) is 0. The summed E-state index contributed by atoms with van der Waals surface area (Å²) in [4.78, 5) is 4.85. The van der Waals surface area contributed by atoms with Gasteiger partial charge in [0, 0.05) is 25.2 Å². The van der Waals surface area contributed by atoms with Crippen molar-refractivity contribution in [3.63, 3.8) is 0 Å². The molecule has 0 bridgehead atoms. The quantitative estimate of drug-likeness (QED) is 0.629. The summed E-state index contributed by atoms with van der Waals surface area (Å²) in [7, 11) is 4.34. The number of hydrogen-bond acceptors (Lipinski definition) is 2. The molecule has 0 spiro atoms. The van der Waals surface area contributed by atoms with Gasteiger partial charge in [-0.2, -0.15) is 0 Å². The number of rotatable bonds is 3. The molecule has 1 fully saturated rings. The molecule has 1 aliphatic heterocycles. The van der Waals surface area contributed by atoms with Gasteiger partial charge in [0.2, 0.25) is 0 Å². The van der Waals surface area contributed by atoms with Crippen molar-refractivity contribution in [2.75, 3.05) is 27.2 Å². The third kappa shape index (κ3) is 1.99. The molecule has 1 heterocycles. The third-order valence-corrected chi connectivity index (χ3v) is 3.17. The molecule has 0 saturated carbocycles. The topological polar surface area (TPSA) is 6.48 Å². The van der Waals surface area contributed by atoms with Crippen LogP contribution in [0, 0.1) is 5.92 Å². The Morgan fingerprint density at radius 2 is 1.67 bits per heavy atom.